The van der Waals surface area contributed by atoms with Gasteiger partial charge in [0.05, 0.1) is 0 Å². The van der Waals surface area contributed by atoms with Gasteiger partial charge in [0.2, 0.25) is 0 Å². The van der Waals surface area contributed by atoms with Gasteiger partial charge in [0.15, 0.2) is 0 Å². The number of benzene rings is 2. The molecule has 31 heavy (non-hydrogen) atoms. The lowest BCUT2D eigenvalue weighted by Gasteiger charge is -2.12. The smallest absolute Gasteiger partial charge is 0.300 e. The Balaban J connectivity index is 0.000000785. The lowest BCUT2D eigenvalue weighted by atomic mass is 10.1. The molecule has 0 aliphatic heterocycles. The zero-order chi connectivity index (χ0) is 22.6. The number of aryl methyl sites for hydroxylation is 2. The number of pyridine rings is 1. The summed E-state index contributed by atoms with van der Waals surface area (Å²) in [6.07, 6.45) is 3.48. The number of aromatic nitrogens is 1. The molecule has 0 bridgehead atoms. The highest BCUT2D eigenvalue weighted by Gasteiger charge is 2.04. The summed E-state index contributed by atoms with van der Waals surface area (Å²) < 4.78 is 5.80. The van der Waals surface area contributed by atoms with E-state index in [1.165, 1.54) is 5.56 Å². The number of amidine groups is 1. The second-order valence-electron chi connectivity index (χ2n) is 6.60. The van der Waals surface area contributed by atoms with Gasteiger partial charge >= 0.3 is 0 Å². The molecule has 0 spiro atoms. The number of carboxylic acids is 1. The maximum Gasteiger partial charge on any atom is 0.300 e. The minimum atomic E-state index is -0.833. The van der Waals surface area contributed by atoms with Crippen LogP contribution in [0.5, 0.6) is 5.75 Å². The molecular weight excluding hydrogens is 390 g/mol. The van der Waals surface area contributed by atoms with Crippen molar-refractivity contribution in [2.45, 2.75) is 20.8 Å². The second kappa shape index (κ2) is 11.8. The third-order valence-corrected chi connectivity index (χ3v) is 3.94. The van der Waals surface area contributed by atoms with E-state index in [0.717, 1.165) is 35.1 Å². The van der Waals surface area contributed by atoms with Gasteiger partial charge in [-0.2, -0.15) is 0 Å². The highest BCUT2D eigenvalue weighted by atomic mass is 16.5. The number of ether oxygens (including phenoxy) is 1. The first-order chi connectivity index (χ1) is 14.9. The van der Waals surface area contributed by atoms with Gasteiger partial charge in [-0.3, -0.25) is 9.78 Å². The Hall–Kier alpha value is -4.11. The van der Waals surface area contributed by atoms with Crippen molar-refractivity contribution >= 4 is 17.7 Å². The summed E-state index contributed by atoms with van der Waals surface area (Å²) in [6, 6.07) is 18.1. The Morgan fingerprint density at radius 1 is 1.03 bits per heavy atom. The maximum absolute atomic E-state index is 9.00. The van der Waals surface area contributed by atoms with Crippen LogP contribution in [0.15, 0.2) is 72.0 Å². The molecular formula is C25H25N3O3. The molecule has 3 rings (SSSR count). The number of carboxylic acid groups (broad SMARTS) is 1. The Bertz CT molecular complexity index is 1090. The first-order valence-electron chi connectivity index (χ1n) is 9.58. The predicted molar refractivity (Wildman–Crippen MR) is 123 cm³/mol. The number of aliphatic imine (C=N–C) groups is 1. The molecule has 0 aliphatic rings. The lowest BCUT2D eigenvalue weighted by molar-refractivity contribution is -0.134. The molecule has 0 amide bonds. The van der Waals surface area contributed by atoms with Crippen molar-refractivity contribution in [1.82, 2.24) is 4.98 Å². The second-order valence-corrected chi connectivity index (χ2v) is 6.60. The molecule has 0 saturated heterocycles. The standard InChI is InChI=1S/C23H21N3O.C2H4O2/c1-17-4-10-22(11-5-17)27-23(24-3)26-21-9-8-20(18(2)16-21)7-6-19-12-14-25-15-13-19;1-2(3)4/h4-5,8-16H,1-3H3,(H,24,26);1H3,(H,3,4). The van der Waals surface area contributed by atoms with Crippen LogP contribution < -0.4 is 10.1 Å². The molecule has 2 aromatic carbocycles. The zero-order valence-corrected chi connectivity index (χ0v) is 18.0. The molecule has 0 fully saturated rings. The first kappa shape index (κ1) is 23.2. The summed E-state index contributed by atoms with van der Waals surface area (Å²) in [4.78, 5) is 17.2. The monoisotopic (exact) mass is 415 g/mol. The normalized spacial score (nSPS) is 10.1. The van der Waals surface area contributed by atoms with Gasteiger partial charge < -0.3 is 15.2 Å². The molecule has 0 atom stereocenters. The quantitative estimate of drug-likeness (QED) is 0.361. The molecule has 158 valence electrons. The van der Waals surface area contributed by atoms with E-state index in [-0.39, 0.29) is 0 Å². The van der Waals surface area contributed by atoms with Gasteiger partial charge in [0, 0.05) is 43.2 Å². The number of rotatable bonds is 2. The van der Waals surface area contributed by atoms with E-state index in [0.29, 0.717) is 6.02 Å². The molecule has 1 heterocycles. The van der Waals surface area contributed by atoms with Gasteiger partial charge in [0.1, 0.15) is 5.75 Å². The lowest BCUT2D eigenvalue weighted by Crippen LogP contribution is -2.19. The predicted octanol–water partition coefficient (Wildman–Crippen LogP) is 4.67. The van der Waals surface area contributed by atoms with Gasteiger partial charge in [-0.1, -0.05) is 29.5 Å². The molecule has 0 saturated carbocycles. The van der Waals surface area contributed by atoms with Gasteiger partial charge in [0.25, 0.3) is 12.0 Å². The average molecular weight is 415 g/mol. The molecule has 0 aliphatic carbocycles. The third-order valence-electron chi connectivity index (χ3n) is 3.94. The average Bonchev–Trinajstić information content (AvgIpc) is 2.74. The van der Waals surface area contributed by atoms with E-state index in [2.05, 4.69) is 27.1 Å². The van der Waals surface area contributed by atoms with Crippen LogP contribution in [-0.2, 0) is 4.79 Å². The fourth-order valence-electron chi connectivity index (χ4n) is 2.42. The fraction of sp³-hybridized carbons (Fsp3) is 0.160. The van der Waals surface area contributed by atoms with Crippen LogP contribution in [-0.4, -0.2) is 29.1 Å². The molecule has 6 nitrogen and oxygen atoms in total. The van der Waals surface area contributed by atoms with Crippen LogP contribution in [0.4, 0.5) is 5.69 Å². The van der Waals surface area contributed by atoms with Gasteiger partial charge in [-0.15, -0.1) is 0 Å². The number of hydrogen-bond donors (Lipinski definition) is 2. The summed E-state index contributed by atoms with van der Waals surface area (Å²) in [6.45, 7) is 5.16. The van der Waals surface area contributed by atoms with Crippen molar-refractivity contribution in [3.05, 3.63) is 89.2 Å². The molecule has 2 N–H and O–H groups in total. The topological polar surface area (TPSA) is 83.8 Å². The minimum Gasteiger partial charge on any atom is -0.481 e. The van der Waals surface area contributed by atoms with Crippen LogP contribution in [0, 0.1) is 25.7 Å². The van der Waals surface area contributed by atoms with Crippen LogP contribution >= 0.6 is 0 Å². The molecule has 1 aromatic heterocycles. The largest absolute Gasteiger partial charge is 0.481 e. The van der Waals surface area contributed by atoms with Crippen LogP contribution in [0.1, 0.15) is 29.2 Å². The molecule has 3 aromatic rings. The van der Waals surface area contributed by atoms with E-state index >= 15 is 0 Å². The summed E-state index contributed by atoms with van der Waals surface area (Å²) in [7, 11) is 1.69. The van der Waals surface area contributed by atoms with Crippen molar-refractivity contribution in [1.29, 1.82) is 0 Å². The summed E-state index contributed by atoms with van der Waals surface area (Å²) in [5, 5.41) is 10.6. The summed E-state index contributed by atoms with van der Waals surface area (Å²) in [5.74, 6) is 6.26. The number of carbonyl (C=O) groups is 1. The SMILES string of the molecule is CC(=O)O.CN=C(Nc1ccc(C#Cc2ccncc2)c(C)c1)Oc1ccc(C)cc1. The Labute approximate surface area is 182 Å². The van der Waals surface area contributed by atoms with Crippen molar-refractivity contribution in [2.75, 3.05) is 12.4 Å². The fourth-order valence-corrected chi connectivity index (χ4v) is 2.42. The van der Waals surface area contributed by atoms with Crippen LogP contribution in [0.3, 0.4) is 0 Å². The van der Waals surface area contributed by atoms with E-state index in [4.69, 9.17) is 14.6 Å². The van der Waals surface area contributed by atoms with Crippen LogP contribution in [0.25, 0.3) is 0 Å². The minimum absolute atomic E-state index is 0.439. The Kier molecular flexibility index (Phi) is 8.81. The number of nitrogens with one attached hydrogen (secondary N) is 1. The molecule has 6 heteroatoms. The van der Waals surface area contributed by atoms with E-state index in [1.54, 1.807) is 19.4 Å². The van der Waals surface area contributed by atoms with Crippen molar-refractivity contribution in [3.8, 4) is 17.6 Å². The van der Waals surface area contributed by atoms with Crippen molar-refractivity contribution < 1.29 is 14.6 Å². The number of hydrogen-bond acceptors (Lipinski definition) is 4. The van der Waals surface area contributed by atoms with E-state index < -0.39 is 5.97 Å². The first-order valence-corrected chi connectivity index (χ1v) is 9.58. The Morgan fingerprint density at radius 2 is 1.68 bits per heavy atom. The van der Waals surface area contributed by atoms with Crippen molar-refractivity contribution in [2.24, 2.45) is 4.99 Å². The van der Waals surface area contributed by atoms with Crippen molar-refractivity contribution in [3.63, 3.8) is 0 Å². The number of aliphatic carboxylic acids is 1. The molecule has 0 unspecified atom stereocenters. The molecule has 0 radical (unpaired) electrons. The third kappa shape index (κ3) is 8.42. The number of nitrogens with zero attached hydrogens (tertiary/aromatic N) is 2. The Morgan fingerprint density at radius 3 is 2.26 bits per heavy atom. The van der Waals surface area contributed by atoms with Crippen LogP contribution in [0.2, 0.25) is 0 Å². The highest BCUT2D eigenvalue weighted by Crippen LogP contribution is 2.17. The maximum atomic E-state index is 9.00. The van der Waals surface area contributed by atoms with Gasteiger partial charge in [-0.05, 0) is 61.9 Å². The zero-order valence-electron chi connectivity index (χ0n) is 18.0. The summed E-state index contributed by atoms with van der Waals surface area (Å²) in [5.41, 5.74) is 5.08. The van der Waals surface area contributed by atoms with Gasteiger partial charge in [-0.25, -0.2) is 4.99 Å². The number of anilines is 1. The van der Waals surface area contributed by atoms with E-state index in [9.17, 15) is 0 Å². The summed E-state index contributed by atoms with van der Waals surface area (Å²) >= 11 is 0. The van der Waals surface area contributed by atoms with E-state index in [1.807, 2.05) is 68.4 Å². The highest BCUT2D eigenvalue weighted by molar-refractivity contribution is 5.90.